The van der Waals surface area contributed by atoms with Crippen molar-refractivity contribution in [2.24, 2.45) is 0 Å². The molecule has 16 heavy (non-hydrogen) atoms. The van der Waals surface area contributed by atoms with Crippen LogP contribution in [0.4, 0.5) is 0 Å². The van der Waals surface area contributed by atoms with Crippen LogP contribution in [0.25, 0.3) is 11.3 Å². The molecular weight excluding hydrogens is 196 g/mol. The Labute approximate surface area is 96.4 Å². The van der Waals surface area contributed by atoms with E-state index in [-0.39, 0.29) is 5.41 Å². The van der Waals surface area contributed by atoms with Crippen molar-refractivity contribution in [3.05, 3.63) is 48.4 Å². The maximum atomic E-state index is 4.41. The maximum Gasteiger partial charge on any atom is 0.0703 e. The molecular formula is C14H16N2. The predicted molar refractivity (Wildman–Crippen MR) is 66.2 cm³/mol. The summed E-state index contributed by atoms with van der Waals surface area (Å²) in [5, 5.41) is 0. The van der Waals surface area contributed by atoms with Crippen LogP contribution in [0.2, 0.25) is 0 Å². The summed E-state index contributed by atoms with van der Waals surface area (Å²) in [5.74, 6) is 0. The van der Waals surface area contributed by atoms with E-state index in [1.807, 2.05) is 36.7 Å². The molecule has 82 valence electrons. The quantitative estimate of drug-likeness (QED) is 0.723. The largest absolute Gasteiger partial charge is 0.261 e. The molecule has 0 aliphatic carbocycles. The summed E-state index contributed by atoms with van der Waals surface area (Å²) >= 11 is 0. The first-order valence-corrected chi connectivity index (χ1v) is 5.45. The molecule has 2 heterocycles. The second kappa shape index (κ2) is 4.05. The van der Waals surface area contributed by atoms with Crippen molar-refractivity contribution in [2.45, 2.75) is 26.2 Å². The van der Waals surface area contributed by atoms with Crippen molar-refractivity contribution in [2.75, 3.05) is 0 Å². The average molecular weight is 212 g/mol. The molecule has 0 fully saturated rings. The van der Waals surface area contributed by atoms with E-state index in [9.17, 15) is 0 Å². The van der Waals surface area contributed by atoms with Gasteiger partial charge in [0.1, 0.15) is 0 Å². The molecule has 0 amide bonds. The van der Waals surface area contributed by atoms with Crippen LogP contribution in [-0.4, -0.2) is 9.97 Å². The second-order valence-corrected chi connectivity index (χ2v) is 4.89. The van der Waals surface area contributed by atoms with E-state index in [1.165, 1.54) is 0 Å². The Hall–Kier alpha value is -1.70. The molecule has 0 aliphatic rings. The standard InChI is InChI=1S/C14H16N2/c1-14(2,3)13-10-11(7-9-16-13)12-6-4-5-8-15-12/h4-10H,1-3H3. The Kier molecular flexibility index (Phi) is 2.73. The molecule has 0 unspecified atom stereocenters. The molecule has 2 aromatic heterocycles. The van der Waals surface area contributed by atoms with Gasteiger partial charge in [0.2, 0.25) is 0 Å². The van der Waals surface area contributed by atoms with E-state index >= 15 is 0 Å². The third kappa shape index (κ3) is 2.27. The average Bonchev–Trinajstić information content (AvgIpc) is 2.29. The molecule has 0 aromatic carbocycles. The highest BCUT2D eigenvalue weighted by Crippen LogP contribution is 2.24. The van der Waals surface area contributed by atoms with Crippen LogP contribution < -0.4 is 0 Å². The second-order valence-electron chi connectivity index (χ2n) is 4.89. The Bertz CT molecular complexity index is 470. The van der Waals surface area contributed by atoms with Crippen LogP contribution in [0.5, 0.6) is 0 Å². The van der Waals surface area contributed by atoms with Crippen molar-refractivity contribution in [3.63, 3.8) is 0 Å². The number of rotatable bonds is 1. The van der Waals surface area contributed by atoms with Crippen LogP contribution in [0.1, 0.15) is 26.5 Å². The van der Waals surface area contributed by atoms with Gasteiger partial charge in [0, 0.05) is 29.1 Å². The lowest BCUT2D eigenvalue weighted by atomic mass is 9.90. The van der Waals surface area contributed by atoms with E-state index in [0.29, 0.717) is 0 Å². The van der Waals surface area contributed by atoms with Crippen molar-refractivity contribution < 1.29 is 0 Å². The first kappa shape index (κ1) is 10.8. The molecule has 2 aromatic rings. The fourth-order valence-electron chi connectivity index (χ4n) is 1.53. The fraction of sp³-hybridized carbons (Fsp3) is 0.286. The summed E-state index contributed by atoms with van der Waals surface area (Å²) in [6, 6.07) is 10.1. The summed E-state index contributed by atoms with van der Waals surface area (Å²) < 4.78 is 0. The first-order chi connectivity index (χ1) is 7.57. The number of aromatic nitrogens is 2. The molecule has 0 saturated heterocycles. The van der Waals surface area contributed by atoms with Crippen LogP contribution in [0, 0.1) is 0 Å². The number of pyridine rings is 2. The summed E-state index contributed by atoms with van der Waals surface area (Å²) in [7, 11) is 0. The molecule has 0 atom stereocenters. The molecule has 0 N–H and O–H groups in total. The fourth-order valence-corrected chi connectivity index (χ4v) is 1.53. The topological polar surface area (TPSA) is 25.8 Å². The molecule has 0 aliphatic heterocycles. The first-order valence-electron chi connectivity index (χ1n) is 5.45. The summed E-state index contributed by atoms with van der Waals surface area (Å²) in [6.45, 7) is 6.49. The molecule has 0 saturated carbocycles. The highest BCUT2D eigenvalue weighted by Gasteiger charge is 2.15. The minimum atomic E-state index is 0.0742. The van der Waals surface area contributed by atoms with E-state index in [0.717, 1.165) is 17.0 Å². The monoisotopic (exact) mass is 212 g/mol. The third-order valence-electron chi connectivity index (χ3n) is 2.49. The smallest absolute Gasteiger partial charge is 0.0703 e. The van der Waals surface area contributed by atoms with Gasteiger partial charge in [0.15, 0.2) is 0 Å². The van der Waals surface area contributed by atoms with Crippen LogP contribution >= 0.6 is 0 Å². The molecule has 0 bridgehead atoms. The van der Waals surface area contributed by atoms with Crippen molar-refractivity contribution in [1.29, 1.82) is 0 Å². The van der Waals surface area contributed by atoms with Gasteiger partial charge in [-0.3, -0.25) is 9.97 Å². The highest BCUT2D eigenvalue weighted by atomic mass is 14.7. The molecule has 0 radical (unpaired) electrons. The molecule has 0 spiro atoms. The van der Waals surface area contributed by atoms with E-state index in [1.54, 1.807) is 0 Å². The van der Waals surface area contributed by atoms with Gasteiger partial charge in [0.25, 0.3) is 0 Å². The highest BCUT2D eigenvalue weighted by molar-refractivity contribution is 5.58. The summed E-state index contributed by atoms with van der Waals surface area (Å²) in [6.07, 6.45) is 3.66. The van der Waals surface area contributed by atoms with Gasteiger partial charge in [-0.15, -0.1) is 0 Å². The van der Waals surface area contributed by atoms with Gasteiger partial charge < -0.3 is 0 Å². The van der Waals surface area contributed by atoms with Gasteiger partial charge in [-0.25, -0.2) is 0 Å². The van der Waals surface area contributed by atoms with Crippen LogP contribution in [0.3, 0.4) is 0 Å². The lowest BCUT2D eigenvalue weighted by molar-refractivity contribution is 0.569. The predicted octanol–water partition coefficient (Wildman–Crippen LogP) is 3.44. The van der Waals surface area contributed by atoms with E-state index in [2.05, 4.69) is 36.8 Å². The minimum Gasteiger partial charge on any atom is -0.261 e. The van der Waals surface area contributed by atoms with Gasteiger partial charge >= 0.3 is 0 Å². The molecule has 2 nitrogen and oxygen atoms in total. The van der Waals surface area contributed by atoms with E-state index in [4.69, 9.17) is 0 Å². The lowest BCUT2D eigenvalue weighted by Crippen LogP contribution is -2.13. The Morgan fingerprint density at radius 3 is 2.38 bits per heavy atom. The van der Waals surface area contributed by atoms with Gasteiger partial charge in [-0.2, -0.15) is 0 Å². The van der Waals surface area contributed by atoms with Crippen LogP contribution in [-0.2, 0) is 5.41 Å². The minimum absolute atomic E-state index is 0.0742. The van der Waals surface area contributed by atoms with Gasteiger partial charge in [-0.1, -0.05) is 26.8 Å². The number of nitrogens with zero attached hydrogens (tertiary/aromatic N) is 2. The summed E-state index contributed by atoms with van der Waals surface area (Å²) in [5.41, 5.74) is 3.29. The zero-order valence-electron chi connectivity index (χ0n) is 9.94. The normalized spacial score (nSPS) is 11.4. The zero-order chi connectivity index (χ0) is 11.6. The Balaban J connectivity index is 2.45. The summed E-state index contributed by atoms with van der Waals surface area (Å²) in [4.78, 5) is 8.75. The SMILES string of the molecule is CC(C)(C)c1cc(-c2ccccn2)ccn1. The van der Waals surface area contributed by atoms with Gasteiger partial charge in [0.05, 0.1) is 5.69 Å². The molecule has 2 heteroatoms. The van der Waals surface area contributed by atoms with Crippen LogP contribution in [0.15, 0.2) is 42.7 Å². The van der Waals surface area contributed by atoms with Crippen molar-refractivity contribution in [1.82, 2.24) is 9.97 Å². The van der Waals surface area contributed by atoms with Gasteiger partial charge in [-0.05, 0) is 24.3 Å². The Morgan fingerprint density at radius 1 is 0.938 bits per heavy atom. The van der Waals surface area contributed by atoms with E-state index < -0.39 is 0 Å². The number of hydrogen-bond donors (Lipinski definition) is 0. The lowest BCUT2D eigenvalue weighted by Gasteiger charge is -2.18. The molecule has 2 rings (SSSR count). The van der Waals surface area contributed by atoms with Crippen molar-refractivity contribution in [3.8, 4) is 11.3 Å². The van der Waals surface area contributed by atoms with Crippen molar-refractivity contribution >= 4 is 0 Å². The maximum absolute atomic E-state index is 4.41. The Morgan fingerprint density at radius 2 is 1.75 bits per heavy atom. The zero-order valence-corrected chi connectivity index (χ0v) is 9.94. The number of hydrogen-bond acceptors (Lipinski definition) is 2. The third-order valence-corrected chi connectivity index (χ3v) is 2.49.